The van der Waals surface area contributed by atoms with Crippen LogP contribution in [-0.2, 0) is 6.54 Å². The third kappa shape index (κ3) is 2.14. The van der Waals surface area contributed by atoms with Gasteiger partial charge in [-0.3, -0.25) is 9.97 Å². The molecular formula is C12H11N5S. The summed E-state index contributed by atoms with van der Waals surface area (Å²) in [6, 6.07) is 2.02. The first-order chi connectivity index (χ1) is 8.83. The number of thiophene rings is 1. The quantitative estimate of drug-likeness (QED) is 0.780. The van der Waals surface area contributed by atoms with Gasteiger partial charge in [0.2, 0.25) is 0 Å². The lowest BCUT2D eigenvalue weighted by Gasteiger charge is -2.05. The molecule has 0 saturated heterocycles. The summed E-state index contributed by atoms with van der Waals surface area (Å²) in [6.07, 6.45) is 5.10. The van der Waals surface area contributed by atoms with Crippen LogP contribution in [0.2, 0.25) is 0 Å². The number of nitrogens with zero attached hydrogens (tertiary/aromatic N) is 4. The molecule has 0 aliphatic rings. The van der Waals surface area contributed by atoms with Crippen LogP contribution in [0.25, 0.3) is 10.2 Å². The van der Waals surface area contributed by atoms with Crippen molar-refractivity contribution >= 4 is 27.4 Å². The Balaban J connectivity index is 1.80. The number of aryl methyl sites for hydroxylation is 1. The summed E-state index contributed by atoms with van der Waals surface area (Å²) in [4.78, 5) is 18.0. The Morgan fingerprint density at radius 1 is 1.17 bits per heavy atom. The summed E-state index contributed by atoms with van der Waals surface area (Å²) >= 11 is 1.61. The van der Waals surface area contributed by atoms with Crippen LogP contribution in [0.5, 0.6) is 0 Å². The molecule has 6 heteroatoms. The lowest BCUT2D eigenvalue weighted by molar-refractivity contribution is 0.977. The van der Waals surface area contributed by atoms with Crippen molar-refractivity contribution in [3.63, 3.8) is 0 Å². The fourth-order valence-electron chi connectivity index (χ4n) is 1.62. The molecule has 0 saturated carbocycles. The van der Waals surface area contributed by atoms with Crippen molar-refractivity contribution in [1.82, 2.24) is 19.9 Å². The minimum Gasteiger partial charge on any atom is -0.364 e. The second-order valence-corrected chi connectivity index (χ2v) is 4.76. The fraction of sp³-hybridized carbons (Fsp3) is 0.167. The third-order valence-corrected chi connectivity index (χ3v) is 3.35. The highest BCUT2D eigenvalue weighted by molar-refractivity contribution is 7.16. The average Bonchev–Trinajstić information content (AvgIpc) is 2.87. The molecule has 0 aromatic carbocycles. The predicted molar refractivity (Wildman–Crippen MR) is 71.5 cm³/mol. The van der Waals surface area contributed by atoms with Crippen molar-refractivity contribution in [2.75, 3.05) is 5.32 Å². The molecule has 90 valence electrons. The smallest absolute Gasteiger partial charge is 0.138 e. The summed E-state index contributed by atoms with van der Waals surface area (Å²) in [5.41, 5.74) is 1.81. The van der Waals surface area contributed by atoms with Gasteiger partial charge in [-0.1, -0.05) is 0 Å². The second kappa shape index (κ2) is 4.66. The molecule has 0 unspecified atom stereocenters. The van der Waals surface area contributed by atoms with Gasteiger partial charge in [0.1, 0.15) is 17.0 Å². The molecule has 3 aromatic rings. The van der Waals surface area contributed by atoms with Crippen molar-refractivity contribution in [2.24, 2.45) is 0 Å². The summed E-state index contributed by atoms with van der Waals surface area (Å²) in [6.45, 7) is 2.53. The van der Waals surface area contributed by atoms with Crippen LogP contribution in [-0.4, -0.2) is 19.9 Å². The predicted octanol–water partition coefficient (Wildman–Crippen LogP) is 2.40. The maximum Gasteiger partial charge on any atom is 0.138 e. The summed E-state index contributed by atoms with van der Waals surface area (Å²) in [7, 11) is 0. The summed E-state index contributed by atoms with van der Waals surface area (Å²) in [5, 5.41) is 6.32. The molecule has 0 bridgehead atoms. The van der Waals surface area contributed by atoms with E-state index in [1.54, 1.807) is 30.1 Å². The topological polar surface area (TPSA) is 63.6 Å². The zero-order valence-electron chi connectivity index (χ0n) is 9.79. The zero-order chi connectivity index (χ0) is 12.4. The fourth-order valence-corrected chi connectivity index (χ4v) is 2.35. The standard InChI is InChI=1S/C12H11N5S/c1-8-4-14-9(5-13-8)6-15-11-10-2-3-18-12(10)17-7-16-11/h2-5,7H,6H2,1H3,(H,15,16,17). The first-order valence-corrected chi connectivity index (χ1v) is 6.40. The molecule has 3 heterocycles. The molecule has 3 rings (SSSR count). The highest BCUT2D eigenvalue weighted by Crippen LogP contribution is 2.23. The van der Waals surface area contributed by atoms with E-state index in [1.165, 1.54) is 0 Å². The maximum absolute atomic E-state index is 4.30. The third-order valence-electron chi connectivity index (χ3n) is 2.53. The number of nitrogens with one attached hydrogen (secondary N) is 1. The number of hydrogen-bond donors (Lipinski definition) is 1. The lowest BCUT2D eigenvalue weighted by atomic mass is 10.3. The van der Waals surface area contributed by atoms with Crippen LogP contribution in [0, 0.1) is 6.92 Å². The number of rotatable bonds is 3. The van der Waals surface area contributed by atoms with E-state index in [9.17, 15) is 0 Å². The van der Waals surface area contributed by atoms with Crippen molar-refractivity contribution in [1.29, 1.82) is 0 Å². The first kappa shape index (κ1) is 11.0. The average molecular weight is 257 g/mol. The first-order valence-electron chi connectivity index (χ1n) is 5.52. The minimum absolute atomic E-state index is 0.606. The number of aromatic nitrogens is 4. The highest BCUT2D eigenvalue weighted by Gasteiger charge is 2.04. The van der Waals surface area contributed by atoms with Gasteiger partial charge in [-0.05, 0) is 18.4 Å². The van der Waals surface area contributed by atoms with E-state index in [2.05, 4.69) is 25.3 Å². The Morgan fingerprint density at radius 2 is 2.11 bits per heavy atom. The number of fused-ring (bicyclic) bond motifs is 1. The molecular weight excluding hydrogens is 246 g/mol. The Hall–Kier alpha value is -2.08. The van der Waals surface area contributed by atoms with Gasteiger partial charge in [0.25, 0.3) is 0 Å². The molecule has 0 aliphatic heterocycles. The van der Waals surface area contributed by atoms with Crippen LogP contribution in [0.4, 0.5) is 5.82 Å². The second-order valence-electron chi connectivity index (χ2n) is 3.86. The normalized spacial score (nSPS) is 10.7. The van der Waals surface area contributed by atoms with Gasteiger partial charge in [-0.25, -0.2) is 9.97 Å². The molecule has 0 atom stereocenters. The van der Waals surface area contributed by atoms with E-state index < -0.39 is 0 Å². The number of anilines is 1. The maximum atomic E-state index is 4.30. The Bertz CT molecular complexity index is 662. The summed E-state index contributed by atoms with van der Waals surface area (Å²) in [5.74, 6) is 0.837. The molecule has 5 nitrogen and oxygen atoms in total. The van der Waals surface area contributed by atoms with Crippen molar-refractivity contribution < 1.29 is 0 Å². The van der Waals surface area contributed by atoms with Gasteiger partial charge in [-0.2, -0.15) is 0 Å². The molecule has 18 heavy (non-hydrogen) atoms. The van der Waals surface area contributed by atoms with Crippen LogP contribution >= 0.6 is 11.3 Å². The van der Waals surface area contributed by atoms with Crippen molar-refractivity contribution in [2.45, 2.75) is 13.5 Å². The molecule has 0 amide bonds. The lowest BCUT2D eigenvalue weighted by Crippen LogP contribution is -2.04. The van der Waals surface area contributed by atoms with Gasteiger partial charge in [-0.15, -0.1) is 11.3 Å². The SMILES string of the molecule is Cc1cnc(CNc2ncnc3sccc23)cn1. The van der Waals surface area contributed by atoms with Gasteiger partial charge in [0, 0.05) is 6.20 Å². The molecule has 1 N–H and O–H groups in total. The van der Waals surface area contributed by atoms with Crippen LogP contribution in [0.15, 0.2) is 30.2 Å². The van der Waals surface area contributed by atoms with E-state index in [0.29, 0.717) is 6.54 Å². The highest BCUT2D eigenvalue weighted by atomic mass is 32.1. The van der Waals surface area contributed by atoms with E-state index in [-0.39, 0.29) is 0 Å². The molecule has 3 aromatic heterocycles. The van der Waals surface area contributed by atoms with Gasteiger partial charge < -0.3 is 5.32 Å². The van der Waals surface area contributed by atoms with Gasteiger partial charge in [0.15, 0.2) is 0 Å². The Labute approximate surface area is 108 Å². The number of hydrogen-bond acceptors (Lipinski definition) is 6. The Kier molecular flexibility index (Phi) is 2.85. The van der Waals surface area contributed by atoms with Gasteiger partial charge in [0.05, 0.1) is 29.5 Å². The monoisotopic (exact) mass is 257 g/mol. The molecule has 0 radical (unpaired) electrons. The van der Waals surface area contributed by atoms with Crippen LogP contribution in [0.3, 0.4) is 0 Å². The van der Waals surface area contributed by atoms with E-state index in [4.69, 9.17) is 0 Å². The van der Waals surface area contributed by atoms with Crippen LogP contribution in [0.1, 0.15) is 11.4 Å². The summed E-state index contributed by atoms with van der Waals surface area (Å²) < 4.78 is 0. The molecule has 0 spiro atoms. The molecule has 0 aliphatic carbocycles. The largest absolute Gasteiger partial charge is 0.364 e. The van der Waals surface area contributed by atoms with Crippen molar-refractivity contribution in [3.8, 4) is 0 Å². The van der Waals surface area contributed by atoms with E-state index in [1.807, 2.05) is 18.4 Å². The Morgan fingerprint density at radius 3 is 2.94 bits per heavy atom. The zero-order valence-corrected chi connectivity index (χ0v) is 10.6. The van der Waals surface area contributed by atoms with Crippen molar-refractivity contribution in [3.05, 3.63) is 41.6 Å². The van der Waals surface area contributed by atoms with Gasteiger partial charge >= 0.3 is 0 Å². The minimum atomic E-state index is 0.606. The molecule has 0 fully saturated rings. The van der Waals surface area contributed by atoms with Crippen LogP contribution < -0.4 is 5.32 Å². The van der Waals surface area contributed by atoms with E-state index >= 15 is 0 Å². The van der Waals surface area contributed by atoms with E-state index in [0.717, 1.165) is 27.4 Å².